The molecule has 0 heterocycles. The molecule has 0 saturated heterocycles. The maximum atomic E-state index is 10.6. The average Bonchev–Trinajstić information content (AvgIpc) is 1.86. The predicted molar refractivity (Wildman–Crippen MR) is 49.5 cm³/mol. The van der Waals surface area contributed by atoms with Crippen molar-refractivity contribution in [2.24, 2.45) is 0 Å². The number of rotatable bonds is 1. The predicted octanol–water partition coefficient (Wildman–Crippen LogP) is 0.326. The molecule has 0 spiro atoms. The first-order valence-electron chi connectivity index (χ1n) is 3.05. The van der Waals surface area contributed by atoms with Crippen molar-refractivity contribution in [3.8, 4) is 0 Å². The number of hydrogen-bond acceptors (Lipinski definition) is 2. The van der Waals surface area contributed by atoms with Gasteiger partial charge in [-0.2, -0.15) is 8.42 Å². The molecule has 0 unspecified atom stereocenters. The number of benzene rings is 1. The average molecular weight is 214 g/mol. The van der Waals surface area contributed by atoms with E-state index in [9.17, 15) is 8.42 Å². The molecule has 0 amide bonds. The summed E-state index contributed by atoms with van der Waals surface area (Å²) < 4.78 is 29.9. The van der Waals surface area contributed by atoms with Gasteiger partial charge in [0, 0.05) is 0 Å². The summed E-state index contributed by atoms with van der Waals surface area (Å²) in [5.41, 5.74) is 0.551. The first-order chi connectivity index (χ1) is 5.02. The zero-order valence-electron chi connectivity index (χ0n) is 5.98. The molecule has 0 saturated carbocycles. The van der Waals surface area contributed by atoms with Crippen LogP contribution in [0.5, 0.6) is 0 Å². The molecule has 0 aromatic heterocycles. The summed E-state index contributed by atoms with van der Waals surface area (Å²) in [6.07, 6.45) is 0. The van der Waals surface area contributed by atoms with Gasteiger partial charge >= 0.3 is 37.7 Å². The van der Waals surface area contributed by atoms with Crippen LogP contribution in [0, 0.1) is 6.92 Å². The summed E-state index contributed by atoms with van der Waals surface area (Å²) in [6, 6.07) is 6.27. The summed E-state index contributed by atoms with van der Waals surface area (Å²) in [6.45, 7) is 1.63. The first kappa shape index (κ1) is 12.4. The van der Waals surface area contributed by atoms with E-state index in [1.165, 1.54) is 6.07 Å². The molecule has 0 aliphatic rings. The van der Waals surface area contributed by atoms with Crippen LogP contribution in [0.1, 0.15) is 5.56 Å². The van der Waals surface area contributed by atoms with Crippen molar-refractivity contribution in [1.82, 2.24) is 0 Å². The third kappa shape index (κ3) is 3.03. The molecule has 1 aromatic carbocycles. The number of aryl methyl sites for hydroxylation is 1. The Bertz CT molecular complexity index is 359. The minimum absolute atomic E-state index is 0. The summed E-state index contributed by atoms with van der Waals surface area (Å²) in [7, 11) is -4.03. The van der Waals surface area contributed by atoms with Gasteiger partial charge in [0.2, 0.25) is 0 Å². The SMILES string of the molecule is Cc1ccccc1S(=O)(=O)O.[CaH2]. The molecule has 0 aliphatic carbocycles. The minimum atomic E-state index is -4.03. The van der Waals surface area contributed by atoms with Crippen molar-refractivity contribution < 1.29 is 13.0 Å². The van der Waals surface area contributed by atoms with Gasteiger partial charge in [-0.05, 0) is 18.6 Å². The van der Waals surface area contributed by atoms with E-state index < -0.39 is 10.1 Å². The van der Waals surface area contributed by atoms with Gasteiger partial charge in [0.25, 0.3) is 10.1 Å². The molecule has 12 heavy (non-hydrogen) atoms. The van der Waals surface area contributed by atoms with Crippen LogP contribution in [0.3, 0.4) is 0 Å². The monoisotopic (exact) mass is 214 g/mol. The fourth-order valence-corrected chi connectivity index (χ4v) is 1.57. The van der Waals surface area contributed by atoms with E-state index in [0.717, 1.165) is 0 Å². The summed E-state index contributed by atoms with van der Waals surface area (Å²) >= 11 is 0. The Kier molecular flexibility index (Phi) is 4.73. The molecule has 1 aromatic rings. The van der Waals surface area contributed by atoms with E-state index in [1.54, 1.807) is 25.1 Å². The van der Waals surface area contributed by atoms with E-state index in [1.807, 2.05) is 0 Å². The zero-order valence-corrected chi connectivity index (χ0v) is 6.80. The maximum absolute atomic E-state index is 10.6. The summed E-state index contributed by atoms with van der Waals surface area (Å²) in [5.74, 6) is 0. The van der Waals surface area contributed by atoms with Crippen LogP contribution in [0.15, 0.2) is 29.2 Å². The normalized spacial score (nSPS) is 10.5. The van der Waals surface area contributed by atoms with E-state index in [-0.39, 0.29) is 42.6 Å². The molecule has 1 rings (SSSR count). The van der Waals surface area contributed by atoms with Gasteiger partial charge in [0.05, 0.1) is 4.90 Å². The Balaban J connectivity index is 0.00000121. The molecule has 0 bridgehead atoms. The van der Waals surface area contributed by atoms with Gasteiger partial charge in [0.15, 0.2) is 0 Å². The Morgan fingerprint density at radius 3 is 2.08 bits per heavy atom. The van der Waals surface area contributed by atoms with Gasteiger partial charge in [-0.25, -0.2) is 0 Å². The van der Waals surface area contributed by atoms with Crippen LogP contribution < -0.4 is 0 Å². The second-order valence-electron chi connectivity index (χ2n) is 2.24. The molecule has 5 heteroatoms. The Hall–Kier alpha value is 0.390. The molecular formula is C7H10CaO3S. The molecular weight excluding hydrogens is 204 g/mol. The fraction of sp³-hybridized carbons (Fsp3) is 0.143. The molecule has 3 nitrogen and oxygen atoms in total. The van der Waals surface area contributed by atoms with Crippen LogP contribution >= 0.6 is 0 Å². The van der Waals surface area contributed by atoms with Crippen LogP contribution in [-0.2, 0) is 10.1 Å². The Morgan fingerprint density at radius 1 is 1.25 bits per heavy atom. The van der Waals surface area contributed by atoms with Crippen LogP contribution in [0.2, 0.25) is 0 Å². The van der Waals surface area contributed by atoms with Crippen LogP contribution in [-0.4, -0.2) is 50.7 Å². The van der Waals surface area contributed by atoms with Crippen molar-refractivity contribution >= 4 is 47.9 Å². The van der Waals surface area contributed by atoms with Crippen LogP contribution in [0.25, 0.3) is 0 Å². The van der Waals surface area contributed by atoms with Crippen molar-refractivity contribution in [1.29, 1.82) is 0 Å². The van der Waals surface area contributed by atoms with Gasteiger partial charge in [0.1, 0.15) is 0 Å². The Morgan fingerprint density at radius 2 is 1.75 bits per heavy atom. The molecule has 0 fully saturated rings. The molecule has 64 valence electrons. The summed E-state index contributed by atoms with van der Waals surface area (Å²) in [4.78, 5) is -0.0278. The standard InChI is InChI=1S/C7H8O3S.Ca.2H/c1-6-4-2-3-5-7(6)11(8,9)10;;;/h2-5H,1H3,(H,8,9,10);;;. The zero-order chi connectivity index (χ0) is 8.48. The topological polar surface area (TPSA) is 54.4 Å². The van der Waals surface area contributed by atoms with Crippen molar-refractivity contribution in [2.45, 2.75) is 11.8 Å². The van der Waals surface area contributed by atoms with E-state index >= 15 is 0 Å². The van der Waals surface area contributed by atoms with Gasteiger partial charge < -0.3 is 0 Å². The Labute approximate surface area is 102 Å². The summed E-state index contributed by atoms with van der Waals surface area (Å²) in [5, 5.41) is 0. The molecule has 0 aliphatic heterocycles. The van der Waals surface area contributed by atoms with Gasteiger partial charge in [-0.15, -0.1) is 0 Å². The van der Waals surface area contributed by atoms with E-state index in [4.69, 9.17) is 4.55 Å². The van der Waals surface area contributed by atoms with Crippen molar-refractivity contribution in [3.05, 3.63) is 29.8 Å². The third-order valence-corrected chi connectivity index (χ3v) is 2.39. The van der Waals surface area contributed by atoms with Crippen molar-refractivity contribution in [3.63, 3.8) is 0 Å². The quantitative estimate of drug-likeness (QED) is 0.541. The van der Waals surface area contributed by atoms with E-state index in [2.05, 4.69) is 0 Å². The van der Waals surface area contributed by atoms with Crippen molar-refractivity contribution in [2.75, 3.05) is 0 Å². The second kappa shape index (κ2) is 4.58. The second-order valence-corrected chi connectivity index (χ2v) is 3.63. The van der Waals surface area contributed by atoms with Gasteiger partial charge in [-0.1, -0.05) is 18.2 Å². The number of hydrogen-bond donors (Lipinski definition) is 1. The first-order valence-corrected chi connectivity index (χ1v) is 4.49. The molecule has 0 atom stereocenters. The fourth-order valence-electron chi connectivity index (χ4n) is 0.846. The molecule has 0 radical (unpaired) electrons. The van der Waals surface area contributed by atoms with Gasteiger partial charge in [-0.3, -0.25) is 4.55 Å². The van der Waals surface area contributed by atoms with Crippen LogP contribution in [0.4, 0.5) is 0 Å². The van der Waals surface area contributed by atoms with E-state index in [0.29, 0.717) is 5.56 Å². The molecule has 1 N–H and O–H groups in total. The third-order valence-electron chi connectivity index (χ3n) is 1.37.